The molecule has 0 fully saturated rings. The Kier molecular flexibility index (Phi) is 3.22. The number of nitrogens with one attached hydrogen (secondary N) is 1. The van der Waals surface area contributed by atoms with E-state index in [-0.39, 0.29) is 11.6 Å². The lowest BCUT2D eigenvalue weighted by atomic mass is 10.4. The lowest BCUT2D eigenvalue weighted by Gasteiger charge is -2.00. The molecular weight excluding hydrogens is 220 g/mol. The van der Waals surface area contributed by atoms with E-state index in [1.54, 1.807) is 18.3 Å². The van der Waals surface area contributed by atoms with Crippen LogP contribution in [0.15, 0.2) is 29.2 Å². The van der Waals surface area contributed by atoms with Gasteiger partial charge in [0, 0.05) is 26.2 Å². The molecule has 0 radical (unpaired) electrons. The molecule has 2 rings (SSSR count). The molecule has 0 spiro atoms. The first-order valence-electron chi connectivity index (χ1n) is 5.47. The number of nitrogens with zero attached hydrogens (tertiary/aromatic N) is 3. The van der Waals surface area contributed by atoms with Crippen LogP contribution >= 0.6 is 0 Å². The van der Waals surface area contributed by atoms with Gasteiger partial charge in [-0.05, 0) is 18.6 Å². The second-order valence-corrected chi connectivity index (χ2v) is 3.77. The first-order chi connectivity index (χ1) is 8.18. The van der Waals surface area contributed by atoms with Crippen molar-refractivity contribution in [2.75, 3.05) is 6.54 Å². The van der Waals surface area contributed by atoms with Crippen molar-refractivity contribution < 1.29 is 4.79 Å². The fourth-order valence-corrected chi connectivity index (χ4v) is 1.61. The number of hydrogen-bond donors (Lipinski definition) is 1. The molecular formula is C11H14N4O2. The van der Waals surface area contributed by atoms with E-state index in [4.69, 9.17) is 0 Å². The summed E-state index contributed by atoms with van der Waals surface area (Å²) in [5.41, 5.74) is 0.487. The molecule has 2 heterocycles. The number of aryl methyl sites for hydroxylation is 1. The van der Waals surface area contributed by atoms with Gasteiger partial charge >= 0.3 is 5.69 Å². The van der Waals surface area contributed by atoms with Gasteiger partial charge in [-0.15, -0.1) is 5.10 Å². The molecule has 0 atom stereocenters. The van der Waals surface area contributed by atoms with Crippen molar-refractivity contribution in [3.63, 3.8) is 0 Å². The zero-order valence-corrected chi connectivity index (χ0v) is 9.59. The van der Waals surface area contributed by atoms with Gasteiger partial charge in [0.05, 0.1) is 0 Å². The molecule has 6 nitrogen and oxygen atoms in total. The zero-order chi connectivity index (χ0) is 12.3. The number of amides is 1. The van der Waals surface area contributed by atoms with Crippen LogP contribution in [0.4, 0.5) is 0 Å². The average Bonchev–Trinajstić information content (AvgIpc) is 2.63. The van der Waals surface area contributed by atoms with Gasteiger partial charge in [0.2, 0.25) is 5.91 Å². The number of pyridine rings is 1. The molecule has 0 aromatic carbocycles. The highest BCUT2D eigenvalue weighted by Gasteiger charge is 2.04. The Bertz CT molecular complexity index is 584. The highest BCUT2D eigenvalue weighted by molar-refractivity contribution is 5.72. The Balaban J connectivity index is 2.06. The standard InChI is InChI=1S/C11H14N4O2/c1-9(16)12-6-4-8-15-11(17)14-7-3-2-5-10(14)13-15/h2-3,5,7H,4,6,8H2,1H3,(H,12,16). The lowest BCUT2D eigenvalue weighted by molar-refractivity contribution is -0.118. The Morgan fingerprint density at radius 1 is 1.47 bits per heavy atom. The average molecular weight is 234 g/mol. The van der Waals surface area contributed by atoms with E-state index in [1.807, 2.05) is 6.07 Å². The van der Waals surface area contributed by atoms with Crippen molar-refractivity contribution >= 4 is 11.6 Å². The molecule has 1 amide bonds. The predicted octanol–water partition coefficient (Wildman–Crippen LogP) is 0.0222. The smallest absolute Gasteiger partial charge is 0.350 e. The summed E-state index contributed by atoms with van der Waals surface area (Å²) in [6, 6.07) is 5.41. The van der Waals surface area contributed by atoms with Gasteiger partial charge in [0.15, 0.2) is 5.65 Å². The molecule has 2 aromatic heterocycles. The van der Waals surface area contributed by atoms with Gasteiger partial charge in [0.1, 0.15) is 0 Å². The van der Waals surface area contributed by atoms with Gasteiger partial charge in [-0.3, -0.25) is 9.20 Å². The summed E-state index contributed by atoms with van der Waals surface area (Å²) in [6.45, 7) is 2.52. The van der Waals surface area contributed by atoms with Gasteiger partial charge < -0.3 is 5.32 Å². The molecule has 0 bridgehead atoms. The maximum Gasteiger partial charge on any atom is 0.350 e. The number of carbonyl (C=O) groups excluding carboxylic acids is 1. The Labute approximate surface area is 97.9 Å². The van der Waals surface area contributed by atoms with E-state index >= 15 is 0 Å². The summed E-state index contributed by atoms with van der Waals surface area (Å²) in [4.78, 5) is 22.5. The second-order valence-electron chi connectivity index (χ2n) is 3.77. The third-order valence-corrected chi connectivity index (χ3v) is 2.41. The van der Waals surface area contributed by atoms with Crippen LogP contribution in [-0.2, 0) is 11.3 Å². The van der Waals surface area contributed by atoms with Crippen LogP contribution in [0, 0.1) is 0 Å². The minimum absolute atomic E-state index is 0.0626. The van der Waals surface area contributed by atoms with Gasteiger partial charge in [-0.25, -0.2) is 9.48 Å². The van der Waals surface area contributed by atoms with Crippen LogP contribution in [0.3, 0.4) is 0 Å². The van der Waals surface area contributed by atoms with Gasteiger partial charge in [0.25, 0.3) is 0 Å². The SMILES string of the molecule is CC(=O)NCCCn1nc2ccccn2c1=O. The fourth-order valence-electron chi connectivity index (χ4n) is 1.61. The van der Waals surface area contributed by atoms with Gasteiger partial charge in [-0.1, -0.05) is 6.07 Å². The van der Waals surface area contributed by atoms with Crippen LogP contribution in [0.2, 0.25) is 0 Å². The monoisotopic (exact) mass is 234 g/mol. The van der Waals surface area contributed by atoms with Crippen LogP contribution in [0.25, 0.3) is 5.65 Å². The normalized spacial score (nSPS) is 10.6. The van der Waals surface area contributed by atoms with Crippen molar-refractivity contribution in [1.29, 1.82) is 0 Å². The first-order valence-corrected chi connectivity index (χ1v) is 5.47. The quantitative estimate of drug-likeness (QED) is 0.758. The molecule has 6 heteroatoms. The van der Waals surface area contributed by atoms with Crippen LogP contribution in [0.1, 0.15) is 13.3 Å². The molecule has 90 valence electrons. The molecule has 2 aromatic rings. The molecule has 0 saturated carbocycles. The van der Waals surface area contributed by atoms with Crippen LogP contribution < -0.4 is 11.0 Å². The minimum atomic E-state index is -0.150. The third-order valence-electron chi connectivity index (χ3n) is 2.41. The number of fused-ring (bicyclic) bond motifs is 1. The molecule has 0 aliphatic carbocycles. The molecule has 0 saturated heterocycles. The van der Waals surface area contributed by atoms with Crippen LogP contribution in [-0.4, -0.2) is 26.6 Å². The van der Waals surface area contributed by atoms with Crippen molar-refractivity contribution in [2.45, 2.75) is 19.9 Å². The molecule has 0 aliphatic heterocycles. The Hall–Kier alpha value is -2.11. The highest BCUT2D eigenvalue weighted by Crippen LogP contribution is 1.95. The molecule has 0 unspecified atom stereocenters. The van der Waals surface area contributed by atoms with Crippen LogP contribution in [0.5, 0.6) is 0 Å². The summed E-state index contributed by atoms with van der Waals surface area (Å²) in [6.07, 6.45) is 2.37. The number of carbonyl (C=O) groups is 1. The van der Waals surface area contributed by atoms with Crippen molar-refractivity contribution in [2.24, 2.45) is 0 Å². The second kappa shape index (κ2) is 4.82. The lowest BCUT2D eigenvalue weighted by Crippen LogP contribution is -2.25. The predicted molar refractivity (Wildman–Crippen MR) is 62.8 cm³/mol. The summed E-state index contributed by atoms with van der Waals surface area (Å²) < 4.78 is 2.91. The molecule has 1 N–H and O–H groups in total. The molecule has 0 aliphatic rings. The van der Waals surface area contributed by atoms with Crippen molar-refractivity contribution in [1.82, 2.24) is 19.5 Å². The number of hydrogen-bond acceptors (Lipinski definition) is 3. The minimum Gasteiger partial charge on any atom is -0.356 e. The van der Waals surface area contributed by atoms with Crippen molar-refractivity contribution in [3.8, 4) is 0 Å². The van der Waals surface area contributed by atoms with Gasteiger partial charge in [-0.2, -0.15) is 0 Å². The Morgan fingerprint density at radius 3 is 3.00 bits per heavy atom. The summed E-state index contributed by atoms with van der Waals surface area (Å²) in [5.74, 6) is -0.0626. The van der Waals surface area contributed by atoms with E-state index < -0.39 is 0 Å². The van der Waals surface area contributed by atoms with Crippen molar-refractivity contribution in [3.05, 3.63) is 34.9 Å². The number of rotatable bonds is 4. The largest absolute Gasteiger partial charge is 0.356 e. The number of aromatic nitrogens is 3. The van der Waals surface area contributed by atoms with E-state index in [1.165, 1.54) is 16.0 Å². The van der Waals surface area contributed by atoms with E-state index in [9.17, 15) is 9.59 Å². The van der Waals surface area contributed by atoms with E-state index in [0.717, 1.165) is 0 Å². The highest BCUT2D eigenvalue weighted by atomic mass is 16.2. The Morgan fingerprint density at radius 2 is 2.29 bits per heavy atom. The topological polar surface area (TPSA) is 68.4 Å². The maximum atomic E-state index is 11.8. The zero-order valence-electron chi connectivity index (χ0n) is 9.59. The molecule has 17 heavy (non-hydrogen) atoms. The fraction of sp³-hybridized carbons (Fsp3) is 0.364. The summed E-state index contributed by atoms with van der Waals surface area (Å²) in [7, 11) is 0. The summed E-state index contributed by atoms with van der Waals surface area (Å²) >= 11 is 0. The summed E-state index contributed by atoms with van der Waals surface area (Å²) in [5, 5.41) is 6.86. The third kappa shape index (κ3) is 2.52. The maximum absolute atomic E-state index is 11.8. The van der Waals surface area contributed by atoms with E-state index in [0.29, 0.717) is 25.2 Å². The first kappa shape index (κ1) is 11.4. The van der Waals surface area contributed by atoms with E-state index in [2.05, 4.69) is 10.4 Å².